The summed E-state index contributed by atoms with van der Waals surface area (Å²) in [6.45, 7) is 0. The second-order valence-electron chi connectivity index (χ2n) is 0. The average molecular weight is 503 g/mol. The molecule has 0 aromatic rings. The molecule has 0 aromatic heterocycles. The Kier molecular flexibility index (Phi) is 844. The zero-order chi connectivity index (χ0) is 10.7. The predicted molar refractivity (Wildman–Crippen MR) is 62.4 cm³/mol. The Bertz CT molecular complexity index is 31.0. The molecule has 0 radical (unpaired) electrons. The molecule has 0 atom stereocenters. The average Bonchev–Trinajstić information content (AvgIpc) is 2.18. The van der Waals surface area contributed by atoms with Crippen LogP contribution in [-0.2, 0) is 0 Å². The van der Waals surface area contributed by atoms with Crippen LogP contribution in [0.25, 0.3) is 0 Å². The molecule has 12 N–H and O–H groups in total. The van der Waals surface area contributed by atoms with Crippen LogP contribution in [0.2, 0.25) is 5.65 Å². The number of hydrogen-bond acceptors (Lipinski definition) is 4. The molecule has 0 aliphatic rings. The fraction of sp³-hybridized carbons (Fsp3) is 1.00. The summed E-state index contributed by atoms with van der Waals surface area (Å²) in [4.78, 5) is 0. The molecule has 6 heteroatoms. The monoisotopic (exact) mass is 503 g/mol. The fourth-order valence-corrected chi connectivity index (χ4v) is 0. The van der Waals surface area contributed by atoms with Crippen LogP contribution in [0.3, 0.4) is 0 Å². The first-order valence-corrected chi connectivity index (χ1v) is 11.8. The summed E-state index contributed by atoms with van der Waals surface area (Å²) in [6, 6.07) is 0. The van der Waals surface area contributed by atoms with Crippen LogP contribution in [0.15, 0.2) is 0 Å². The number of rotatable bonds is 0. The van der Waals surface area contributed by atoms with E-state index in [0.29, 0.717) is 0 Å². The van der Waals surface area contributed by atoms with Gasteiger partial charge in [0.05, 0.1) is 0 Å². The van der Waals surface area contributed by atoms with E-state index in [4.69, 9.17) is 5.84 Å². The molecule has 0 bridgehead atoms. The molecule has 0 rings (SSSR count). The molecule has 4 nitrogen and oxygen atoms in total. The van der Waals surface area contributed by atoms with Gasteiger partial charge in [0.15, 0.2) is 0 Å². The van der Waals surface area contributed by atoms with Crippen molar-refractivity contribution in [3.05, 3.63) is 0 Å². The molecular weight excluding hydrogens is 469 g/mol. The Morgan fingerprint density at radius 3 is 0.900 bits per heavy atom. The van der Waals surface area contributed by atoms with Gasteiger partial charge in [0.25, 0.3) is 0 Å². The van der Waals surface area contributed by atoms with Crippen molar-refractivity contribution in [3.63, 3.8) is 0 Å². The molecular formula is C4H29IN4U. The van der Waals surface area contributed by atoms with Crippen molar-refractivity contribution < 1.29 is 30.2 Å². The van der Waals surface area contributed by atoms with Gasteiger partial charge in [-0.25, -0.2) is 0 Å². The number of halogens is 1. The Morgan fingerprint density at radius 2 is 0.900 bits per heavy atom. The first-order valence-electron chi connectivity index (χ1n) is 3.00. The Balaban J connectivity index is -0.00000000407. The van der Waals surface area contributed by atoms with E-state index >= 15 is 0 Å². The van der Waals surface area contributed by atoms with Gasteiger partial charge in [0.2, 0.25) is 0 Å². The molecule has 0 fully saturated rings. The molecule has 0 aliphatic carbocycles. The summed E-state index contributed by atoms with van der Waals surface area (Å²) in [5, 5.41) is 0. The summed E-state index contributed by atoms with van der Waals surface area (Å²) in [5.41, 5.74) is 0. The van der Waals surface area contributed by atoms with Crippen LogP contribution in [-0.4, -0.2) is 0.194 Å². The van der Waals surface area contributed by atoms with E-state index in [9.17, 15) is 0 Å². The summed E-state index contributed by atoms with van der Waals surface area (Å²) < 4.78 is 27.4. The van der Waals surface area contributed by atoms with Crippen molar-refractivity contribution in [2.45, 2.75) is 29.7 Å². The third-order valence-electron chi connectivity index (χ3n) is 0. The van der Waals surface area contributed by atoms with Gasteiger partial charge in [0.1, 0.15) is 5.65 Å². The third-order valence-corrected chi connectivity index (χ3v) is 0. The van der Waals surface area contributed by atoms with E-state index in [2.05, 4.69) is 41.3 Å². The molecule has 0 spiro atoms. The van der Waals surface area contributed by atoms with Gasteiger partial charge < -0.3 is 24.6 Å². The predicted octanol–water partition coefficient (Wildman–Crippen LogP) is 3.81. The summed E-state index contributed by atoms with van der Waals surface area (Å²) in [5.74, 6) is 0. The molecule has 76 valence electrons. The first kappa shape index (κ1) is 22.6. The van der Waals surface area contributed by atoms with Crippen LogP contribution in [0, 0.1) is 24.5 Å². The van der Waals surface area contributed by atoms with E-state index in [1.54, 1.807) is 0 Å². The van der Waals surface area contributed by atoms with Crippen LogP contribution >= 0.6 is 16.8 Å². The molecule has 0 amide bonds. The summed E-state index contributed by atoms with van der Waals surface area (Å²) >= 11 is 1.38. The standard InChI is InChI=1S/4CH4.HI.4H3N.U.H/h4*1H4;1H;4*1H3;;/q;;;;;;;;;+1;/p-1/i;;;;;;;;;;1+1/hD4. The van der Waals surface area contributed by atoms with Crippen LogP contribution in [0.4, 0.5) is 0 Å². The SMILES string of the molecule is C.C.C.C.[2H]N.[2H]N.[2H]N.[2H]N.[2H][U][I]. The van der Waals surface area contributed by atoms with E-state index in [0.717, 1.165) is 0 Å². The van der Waals surface area contributed by atoms with Crippen molar-refractivity contribution in [2.75, 3.05) is 0 Å². The maximum atomic E-state index is 6.40. The summed E-state index contributed by atoms with van der Waals surface area (Å²) in [6.07, 6.45) is 15.0. The van der Waals surface area contributed by atoms with Gasteiger partial charge in [-0.3, -0.25) is 0 Å². The van der Waals surface area contributed by atoms with Crippen LogP contribution in [0.1, 0.15) is 29.7 Å². The fourth-order valence-electron chi connectivity index (χ4n) is 0. The van der Waals surface area contributed by atoms with Crippen molar-refractivity contribution in [3.8, 4) is 0 Å². The Labute approximate surface area is 101 Å². The van der Waals surface area contributed by atoms with Gasteiger partial charge >= 0.3 is 41.5 Å². The van der Waals surface area contributed by atoms with E-state index in [1.807, 2.05) is 0 Å². The second kappa shape index (κ2) is 374. The molecule has 0 aromatic carbocycles. The van der Waals surface area contributed by atoms with Crippen LogP contribution < -0.4 is 24.6 Å². The van der Waals surface area contributed by atoms with Crippen LogP contribution in [0.5, 0.6) is 0 Å². The zero-order valence-corrected chi connectivity index (χ0v) is 9.51. The first-order chi connectivity index (χ1) is 5.41. The molecule has 10 heavy (non-hydrogen) atoms. The van der Waals surface area contributed by atoms with Gasteiger partial charge in [0, 0.05) is 0 Å². The van der Waals surface area contributed by atoms with Crippen molar-refractivity contribution in [1.82, 2.24) is 24.6 Å². The Hall–Kier alpha value is 1.62. The van der Waals surface area contributed by atoms with E-state index in [-0.39, 0.29) is 29.7 Å². The van der Waals surface area contributed by atoms with Gasteiger partial charge in [-0.1, -0.05) is 29.7 Å². The maximum absolute atomic E-state index is 6.40. The summed E-state index contributed by atoms with van der Waals surface area (Å²) in [7, 11) is 0. The van der Waals surface area contributed by atoms with Crippen molar-refractivity contribution in [2.24, 2.45) is 0 Å². The molecule has 0 unspecified atom stereocenters. The topological polar surface area (TPSA) is 140 Å². The molecule has 0 saturated heterocycles. The van der Waals surface area contributed by atoms with Crippen molar-refractivity contribution >= 4 is 16.8 Å². The van der Waals surface area contributed by atoms with E-state index in [1.165, 1.54) is 0 Å². The van der Waals surface area contributed by atoms with Gasteiger partial charge in [-0.05, 0) is 0 Å². The van der Waals surface area contributed by atoms with Crippen molar-refractivity contribution in [1.29, 1.82) is 0.194 Å². The molecule has 0 heterocycles. The van der Waals surface area contributed by atoms with Gasteiger partial charge in [-0.2, -0.15) is 0 Å². The van der Waals surface area contributed by atoms with Gasteiger partial charge in [-0.15, -0.1) is 0 Å². The third kappa shape index (κ3) is 272. The Morgan fingerprint density at radius 1 is 0.900 bits per heavy atom. The zero-order valence-electron chi connectivity index (χ0n) is 8.19. The molecule has 0 aliphatic heterocycles. The normalized spacial score (nSPS) is 3.90. The second-order valence-corrected chi connectivity index (χ2v) is 0. The quantitative estimate of drug-likeness (QED) is 0.373. The molecule has 0 saturated carbocycles. The minimum atomic E-state index is -0.785. The number of hydrogen-bond donors (Lipinski definition) is 4. The van der Waals surface area contributed by atoms with E-state index < -0.39 is 24.5 Å². The minimum absolute atomic E-state index is 0.